The Bertz CT molecular complexity index is 1050. The van der Waals surface area contributed by atoms with Crippen LogP contribution < -0.4 is 16.3 Å². The number of pyridine rings is 1. The monoisotopic (exact) mass is 274 g/mol. The van der Waals surface area contributed by atoms with Crippen LogP contribution in [0.3, 0.4) is 0 Å². The number of hydrogen-bond acceptors (Lipinski definition) is 2. The first-order valence-electron chi connectivity index (χ1n) is 6.53. The average Bonchev–Trinajstić information content (AvgIpc) is 2.90. The first-order valence-corrected chi connectivity index (χ1v) is 6.53. The topological polar surface area (TPSA) is 69.9 Å². The van der Waals surface area contributed by atoms with E-state index in [1.54, 1.807) is 6.20 Å². The lowest BCUT2D eigenvalue weighted by molar-refractivity contribution is 1.26. The first kappa shape index (κ1) is 11.7. The maximum Gasteiger partial charge on any atom is 0.258 e. The molecule has 0 aliphatic carbocycles. The summed E-state index contributed by atoms with van der Waals surface area (Å²) in [7, 11) is 0. The molecular weight excluding hydrogens is 264 g/mol. The zero-order chi connectivity index (χ0) is 14.2. The van der Waals surface area contributed by atoms with Crippen molar-refractivity contribution in [3.8, 4) is 0 Å². The number of aromatic nitrogens is 1. The van der Waals surface area contributed by atoms with Crippen molar-refractivity contribution in [1.29, 1.82) is 0 Å². The summed E-state index contributed by atoms with van der Waals surface area (Å²) >= 11 is 0. The average molecular weight is 274 g/mol. The minimum absolute atomic E-state index is 0.163. The van der Waals surface area contributed by atoms with E-state index in [1.807, 2.05) is 48.5 Å². The second-order valence-corrected chi connectivity index (χ2v) is 4.68. The molecule has 0 unspecified atom stereocenters. The van der Waals surface area contributed by atoms with E-state index >= 15 is 0 Å². The quantitative estimate of drug-likeness (QED) is 0.717. The van der Waals surface area contributed by atoms with Gasteiger partial charge in [0.15, 0.2) is 0 Å². The number of hydrogen-bond donors (Lipinski definition) is 1. The van der Waals surface area contributed by atoms with E-state index < -0.39 is 0 Å². The number of benzene rings is 2. The molecule has 21 heavy (non-hydrogen) atoms. The Morgan fingerprint density at radius 1 is 0.952 bits per heavy atom. The number of nitrogens with zero attached hydrogens (tertiary/aromatic N) is 3. The van der Waals surface area contributed by atoms with Gasteiger partial charge in [-0.2, -0.15) is 0 Å². The third kappa shape index (κ3) is 1.95. The molecule has 0 radical (unpaired) electrons. The van der Waals surface area contributed by atoms with Crippen LogP contribution in [0.5, 0.6) is 0 Å². The maximum atomic E-state index is 12.0. The van der Waals surface area contributed by atoms with E-state index in [4.69, 9.17) is 0 Å². The van der Waals surface area contributed by atoms with Crippen LogP contribution in [-0.2, 0) is 0 Å². The van der Waals surface area contributed by atoms with Crippen LogP contribution in [0, 0.1) is 0 Å². The van der Waals surface area contributed by atoms with E-state index in [-0.39, 0.29) is 5.56 Å². The van der Waals surface area contributed by atoms with Crippen molar-refractivity contribution in [2.24, 2.45) is 15.0 Å². The van der Waals surface area contributed by atoms with Gasteiger partial charge in [-0.15, -0.1) is 0 Å². The fraction of sp³-hybridized carbons (Fsp3) is 0. The van der Waals surface area contributed by atoms with Crippen molar-refractivity contribution in [2.75, 3.05) is 0 Å². The molecule has 0 spiro atoms. The summed E-state index contributed by atoms with van der Waals surface area (Å²) in [5.41, 5.74) is 0.621. The highest BCUT2D eigenvalue weighted by Gasteiger charge is 2.09. The fourth-order valence-corrected chi connectivity index (χ4v) is 2.36. The molecule has 1 N–H and O–H groups in total. The number of H-pyrrole nitrogens is 1. The molecule has 2 heterocycles. The molecule has 5 heteroatoms. The lowest BCUT2D eigenvalue weighted by atomic mass is 10.1. The van der Waals surface area contributed by atoms with Gasteiger partial charge in [0, 0.05) is 6.20 Å². The first-order chi connectivity index (χ1) is 10.3. The molecule has 1 aromatic heterocycles. The zero-order valence-corrected chi connectivity index (χ0v) is 10.9. The number of nitrogens with one attached hydrogen (secondary N) is 1. The summed E-state index contributed by atoms with van der Waals surface area (Å²) in [5.74, 6) is 0.368. The molecule has 0 amide bonds. The van der Waals surface area contributed by atoms with Crippen LogP contribution in [0.25, 0.3) is 10.8 Å². The predicted molar refractivity (Wildman–Crippen MR) is 80.4 cm³/mol. The molecule has 1 aliphatic heterocycles. The predicted octanol–water partition coefficient (Wildman–Crippen LogP) is 1.47. The van der Waals surface area contributed by atoms with E-state index in [2.05, 4.69) is 20.0 Å². The molecule has 5 nitrogen and oxygen atoms in total. The van der Waals surface area contributed by atoms with Gasteiger partial charge in [-0.25, -0.2) is 15.0 Å². The summed E-state index contributed by atoms with van der Waals surface area (Å²) in [4.78, 5) is 27.8. The summed E-state index contributed by atoms with van der Waals surface area (Å²) in [6.45, 7) is 0. The SMILES string of the molecule is O=c1[nH]ccc2ccc3c(c12)=NC(=Nc1ccccc1)N=3. The van der Waals surface area contributed by atoms with Gasteiger partial charge in [0.1, 0.15) is 5.36 Å². The highest BCUT2D eigenvalue weighted by atomic mass is 16.1. The van der Waals surface area contributed by atoms with Crippen molar-refractivity contribution in [3.63, 3.8) is 0 Å². The van der Waals surface area contributed by atoms with Crippen LogP contribution in [0.1, 0.15) is 0 Å². The normalized spacial score (nSPS) is 14.8. The smallest absolute Gasteiger partial charge is 0.258 e. The Hall–Kier alpha value is -3.08. The van der Waals surface area contributed by atoms with Crippen molar-refractivity contribution in [3.05, 3.63) is 75.8 Å². The minimum atomic E-state index is -0.163. The maximum absolute atomic E-state index is 12.0. The van der Waals surface area contributed by atoms with Gasteiger partial charge in [0.05, 0.1) is 16.4 Å². The lowest BCUT2D eigenvalue weighted by Gasteiger charge is -1.93. The molecule has 0 saturated heterocycles. The summed E-state index contributed by atoms with van der Waals surface area (Å²) in [6, 6.07) is 15.1. The van der Waals surface area contributed by atoms with Gasteiger partial charge in [0.2, 0.25) is 0 Å². The zero-order valence-electron chi connectivity index (χ0n) is 10.9. The lowest BCUT2D eigenvalue weighted by Crippen LogP contribution is -2.27. The van der Waals surface area contributed by atoms with Crippen molar-refractivity contribution >= 4 is 22.4 Å². The van der Waals surface area contributed by atoms with Gasteiger partial charge < -0.3 is 4.98 Å². The summed E-state index contributed by atoms with van der Waals surface area (Å²) < 4.78 is 0. The van der Waals surface area contributed by atoms with E-state index in [1.165, 1.54) is 0 Å². The number of fused-ring (bicyclic) bond motifs is 3. The van der Waals surface area contributed by atoms with Gasteiger partial charge in [0.25, 0.3) is 11.5 Å². The van der Waals surface area contributed by atoms with Gasteiger partial charge in [-0.05, 0) is 29.7 Å². The van der Waals surface area contributed by atoms with E-state index in [9.17, 15) is 4.79 Å². The molecule has 2 aromatic carbocycles. The summed E-state index contributed by atoms with van der Waals surface area (Å²) in [6.07, 6.45) is 1.63. The summed E-state index contributed by atoms with van der Waals surface area (Å²) in [5, 5.41) is 2.66. The van der Waals surface area contributed by atoms with Crippen molar-refractivity contribution in [2.45, 2.75) is 0 Å². The Labute approximate surface area is 119 Å². The number of para-hydroxylation sites is 1. The van der Waals surface area contributed by atoms with E-state index in [0.29, 0.717) is 22.1 Å². The van der Waals surface area contributed by atoms with Crippen LogP contribution in [-0.4, -0.2) is 10.9 Å². The number of aromatic amines is 1. The largest absolute Gasteiger partial charge is 0.328 e. The third-order valence-corrected chi connectivity index (χ3v) is 3.31. The van der Waals surface area contributed by atoms with Crippen LogP contribution >= 0.6 is 0 Å². The number of guanidine groups is 1. The number of aliphatic imine (C=N–C) groups is 1. The molecule has 4 rings (SSSR count). The van der Waals surface area contributed by atoms with Gasteiger partial charge in [-0.1, -0.05) is 24.3 Å². The molecular formula is C16H10N4O. The van der Waals surface area contributed by atoms with Crippen LogP contribution in [0.4, 0.5) is 5.69 Å². The molecule has 3 aromatic rings. The Morgan fingerprint density at radius 2 is 1.81 bits per heavy atom. The highest BCUT2D eigenvalue weighted by Crippen LogP contribution is 2.11. The molecule has 0 fully saturated rings. The minimum Gasteiger partial charge on any atom is -0.328 e. The Morgan fingerprint density at radius 3 is 2.67 bits per heavy atom. The molecule has 0 bridgehead atoms. The standard InChI is InChI=1S/C16H10N4O/c21-15-13-10(8-9-17-15)6-7-12-14(13)20-16(19-12)18-11-4-2-1-3-5-11/h1-9H,(H,17,21). The fourth-order valence-electron chi connectivity index (χ4n) is 2.36. The van der Waals surface area contributed by atoms with Crippen LogP contribution in [0.15, 0.2) is 74.5 Å². The van der Waals surface area contributed by atoms with Gasteiger partial charge in [-0.3, -0.25) is 4.79 Å². The van der Waals surface area contributed by atoms with E-state index in [0.717, 1.165) is 11.1 Å². The number of rotatable bonds is 1. The second-order valence-electron chi connectivity index (χ2n) is 4.68. The molecule has 0 saturated carbocycles. The van der Waals surface area contributed by atoms with Crippen molar-refractivity contribution in [1.82, 2.24) is 4.98 Å². The molecule has 0 atom stereocenters. The Kier molecular flexibility index (Phi) is 2.50. The van der Waals surface area contributed by atoms with Gasteiger partial charge >= 0.3 is 0 Å². The molecule has 100 valence electrons. The van der Waals surface area contributed by atoms with Crippen LogP contribution in [0.2, 0.25) is 0 Å². The highest BCUT2D eigenvalue weighted by molar-refractivity contribution is 5.89. The third-order valence-electron chi connectivity index (χ3n) is 3.31. The Balaban J connectivity index is 2.00. The second kappa shape index (κ2) is 4.49. The molecule has 1 aliphatic rings. The van der Waals surface area contributed by atoms with Crippen molar-refractivity contribution < 1.29 is 0 Å².